The van der Waals surface area contributed by atoms with Crippen molar-refractivity contribution in [1.82, 2.24) is 5.32 Å². The van der Waals surface area contributed by atoms with Gasteiger partial charge in [-0.25, -0.2) is 0 Å². The Labute approximate surface area is 110 Å². The van der Waals surface area contributed by atoms with Crippen molar-refractivity contribution in [2.24, 2.45) is 5.92 Å². The fourth-order valence-electron chi connectivity index (χ4n) is 1.70. The minimum absolute atomic E-state index is 0.0856. The van der Waals surface area contributed by atoms with Crippen molar-refractivity contribution in [2.45, 2.75) is 26.9 Å². The topological polar surface area (TPSA) is 30.5 Å². The van der Waals surface area contributed by atoms with Gasteiger partial charge in [-0.3, -0.25) is 0 Å². The number of ether oxygens (including phenoxy) is 2. The Morgan fingerprint density at radius 1 is 1.28 bits per heavy atom. The van der Waals surface area contributed by atoms with Crippen LogP contribution in [0.2, 0.25) is 0 Å². The Morgan fingerprint density at radius 2 is 2.06 bits per heavy atom. The Bertz CT molecular complexity index is 339. The van der Waals surface area contributed by atoms with Crippen LogP contribution in [0, 0.1) is 5.92 Å². The summed E-state index contributed by atoms with van der Waals surface area (Å²) in [4.78, 5) is 0. The van der Waals surface area contributed by atoms with Gasteiger partial charge in [0.15, 0.2) is 0 Å². The first-order valence-corrected chi connectivity index (χ1v) is 6.63. The Hall–Kier alpha value is -1.06. The summed E-state index contributed by atoms with van der Waals surface area (Å²) >= 11 is 0. The lowest BCUT2D eigenvalue weighted by Crippen LogP contribution is -2.24. The van der Waals surface area contributed by atoms with Gasteiger partial charge in [-0.1, -0.05) is 32.9 Å². The predicted octanol–water partition coefficient (Wildman–Crippen LogP) is 3.02. The van der Waals surface area contributed by atoms with Crippen LogP contribution in [0.25, 0.3) is 0 Å². The fourth-order valence-corrected chi connectivity index (χ4v) is 1.70. The van der Waals surface area contributed by atoms with Crippen molar-refractivity contribution in [3.8, 4) is 5.75 Å². The van der Waals surface area contributed by atoms with Gasteiger partial charge in [0.05, 0.1) is 13.2 Å². The van der Waals surface area contributed by atoms with Crippen LogP contribution in [0.1, 0.15) is 32.4 Å². The molecule has 0 fully saturated rings. The van der Waals surface area contributed by atoms with E-state index in [1.165, 1.54) is 0 Å². The molecule has 0 saturated carbocycles. The molecule has 0 spiro atoms. The normalized spacial score (nSPS) is 12.7. The molecule has 18 heavy (non-hydrogen) atoms. The van der Waals surface area contributed by atoms with Gasteiger partial charge in [0.25, 0.3) is 0 Å². The second kappa shape index (κ2) is 8.11. The second-order valence-corrected chi connectivity index (χ2v) is 4.80. The number of benzene rings is 1. The average molecular weight is 251 g/mol. The summed E-state index contributed by atoms with van der Waals surface area (Å²) in [5, 5.41) is 3.34. The van der Waals surface area contributed by atoms with Gasteiger partial charge in [-0.05, 0) is 30.2 Å². The molecule has 0 aliphatic heterocycles. The van der Waals surface area contributed by atoms with Gasteiger partial charge in [0, 0.05) is 13.2 Å². The molecule has 1 aromatic carbocycles. The molecule has 3 heteroatoms. The first kappa shape index (κ1) is 15.0. The lowest BCUT2D eigenvalue weighted by molar-refractivity contribution is 0.0354. The third-order valence-corrected chi connectivity index (χ3v) is 2.68. The molecule has 1 atom stereocenters. The van der Waals surface area contributed by atoms with E-state index < -0.39 is 0 Å². The summed E-state index contributed by atoms with van der Waals surface area (Å²) in [6.07, 6.45) is 0.0856. The average Bonchev–Trinajstić information content (AvgIpc) is 2.38. The van der Waals surface area contributed by atoms with Crippen LogP contribution in [0.3, 0.4) is 0 Å². The summed E-state index contributed by atoms with van der Waals surface area (Å²) in [6.45, 7) is 8.98. The smallest absolute Gasteiger partial charge is 0.119 e. The number of methoxy groups -OCH3 is 1. The highest BCUT2D eigenvalue weighted by Gasteiger charge is 2.13. The molecule has 1 rings (SSSR count). The van der Waals surface area contributed by atoms with E-state index in [1.807, 2.05) is 18.2 Å². The quantitative estimate of drug-likeness (QED) is 0.770. The van der Waals surface area contributed by atoms with Crippen molar-refractivity contribution >= 4 is 0 Å². The van der Waals surface area contributed by atoms with Gasteiger partial charge in [0.1, 0.15) is 5.75 Å². The maximum absolute atomic E-state index is 5.97. The maximum Gasteiger partial charge on any atom is 0.119 e. The van der Waals surface area contributed by atoms with Gasteiger partial charge in [0.2, 0.25) is 0 Å². The van der Waals surface area contributed by atoms with Crippen molar-refractivity contribution in [3.05, 3.63) is 29.8 Å². The third-order valence-electron chi connectivity index (χ3n) is 2.68. The van der Waals surface area contributed by atoms with Crippen LogP contribution in [0.15, 0.2) is 24.3 Å². The molecule has 102 valence electrons. The van der Waals surface area contributed by atoms with Crippen molar-refractivity contribution in [2.75, 3.05) is 26.8 Å². The van der Waals surface area contributed by atoms with Crippen LogP contribution in [0.5, 0.6) is 5.75 Å². The van der Waals surface area contributed by atoms with E-state index in [0.717, 1.165) is 31.0 Å². The van der Waals surface area contributed by atoms with E-state index in [-0.39, 0.29) is 6.10 Å². The van der Waals surface area contributed by atoms with E-state index >= 15 is 0 Å². The van der Waals surface area contributed by atoms with Crippen LogP contribution in [-0.2, 0) is 4.74 Å². The van der Waals surface area contributed by atoms with Gasteiger partial charge >= 0.3 is 0 Å². The first-order chi connectivity index (χ1) is 8.67. The molecule has 1 N–H and O–H groups in total. The van der Waals surface area contributed by atoms with Crippen molar-refractivity contribution in [1.29, 1.82) is 0 Å². The number of nitrogens with one attached hydrogen (secondary N) is 1. The molecule has 0 amide bonds. The van der Waals surface area contributed by atoms with Crippen molar-refractivity contribution < 1.29 is 9.47 Å². The summed E-state index contributed by atoms with van der Waals surface area (Å²) < 4.78 is 11.2. The summed E-state index contributed by atoms with van der Waals surface area (Å²) in [5.74, 6) is 1.42. The lowest BCUT2D eigenvalue weighted by atomic mass is 10.1. The van der Waals surface area contributed by atoms with E-state index in [0.29, 0.717) is 5.92 Å². The Balaban J connectivity index is 2.72. The van der Waals surface area contributed by atoms with E-state index in [9.17, 15) is 0 Å². The highest BCUT2D eigenvalue weighted by atomic mass is 16.5. The molecular formula is C15H25NO2. The van der Waals surface area contributed by atoms with Crippen LogP contribution in [0.4, 0.5) is 0 Å². The number of hydrogen-bond acceptors (Lipinski definition) is 3. The molecule has 1 unspecified atom stereocenters. The zero-order valence-electron chi connectivity index (χ0n) is 11.9. The van der Waals surface area contributed by atoms with Crippen LogP contribution >= 0.6 is 0 Å². The molecule has 0 bridgehead atoms. The molecule has 0 aliphatic carbocycles. The molecule has 0 saturated heterocycles. The molecule has 0 aromatic heterocycles. The summed E-state index contributed by atoms with van der Waals surface area (Å²) in [6, 6.07) is 8.09. The number of likely N-dealkylation sites (N-methyl/N-ethyl adjacent to an activating group) is 1. The van der Waals surface area contributed by atoms with E-state index in [1.54, 1.807) is 7.11 Å². The standard InChI is InChI=1S/C15H25NO2/c1-5-16-10-15(18-11-12(2)3)13-7-6-8-14(9-13)17-4/h6-9,12,15-16H,5,10-11H2,1-4H3. The maximum atomic E-state index is 5.97. The molecule has 0 heterocycles. The highest BCUT2D eigenvalue weighted by molar-refractivity contribution is 5.30. The third kappa shape index (κ3) is 5.07. The van der Waals surface area contributed by atoms with Crippen LogP contribution in [-0.4, -0.2) is 26.8 Å². The second-order valence-electron chi connectivity index (χ2n) is 4.80. The zero-order chi connectivity index (χ0) is 13.4. The predicted molar refractivity (Wildman–Crippen MR) is 75.1 cm³/mol. The largest absolute Gasteiger partial charge is 0.497 e. The Kier molecular flexibility index (Phi) is 6.76. The minimum atomic E-state index is 0.0856. The lowest BCUT2D eigenvalue weighted by Gasteiger charge is -2.20. The molecule has 3 nitrogen and oxygen atoms in total. The minimum Gasteiger partial charge on any atom is -0.497 e. The highest BCUT2D eigenvalue weighted by Crippen LogP contribution is 2.22. The van der Waals surface area contributed by atoms with Crippen LogP contribution < -0.4 is 10.1 Å². The van der Waals surface area contributed by atoms with Gasteiger partial charge in [-0.15, -0.1) is 0 Å². The SMILES string of the molecule is CCNCC(OCC(C)C)c1cccc(OC)c1. The Morgan fingerprint density at radius 3 is 2.67 bits per heavy atom. The zero-order valence-corrected chi connectivity index (χ0v) is 11.9. The van der Waals surface area contributed by atoms with Gasteiger partial charge in [-0.2, -0.15) is 0 Å². The summed E-state index contributed by atoms with van der Waals surface area (Å²) in [7, 11) is 1.69. The molecule has 0 radical (unpaired) electrons. The number of rotatable bonds is 8. The van der Waals surface area contributed by atoms with Crippen molar-refractivity contribution in [3.63, 3.8) is 0 Å². The van der Waals surface area contributed by atoms with Gasteiger partial charge < -0.3 is 14.8 Å². The molecule has 1 aromatic rings. The first-order valence-electron chi connectivity index (χ1n) is 6.63. The fraction of sp³-hybridized carbons (Fsp3) is 0.600. The molecule has 0 aliphatic rings. The van der Waals surface area contributed by atoms with E-state index in [2.05, 4.69) is 32.2 Å². The summed E-state index contributed by atoms with van der Waals surface area (Å²) in [5.41, 5.74) is 1.16. The number of hydrogen-bond donors (Lipinski definition) is 1. The monoisotopic (exact) mass is 251 g/mol. The molecular weight excluding hydrogens is 226 g/mol. The van der Waals surface area contributed by atoms with E-state index in [4.69, 9.17) is 9.47 Å².